The molecule has 2 aromatic rings. The molecule has 1 fully saturated rings. The molecule has 1 unspecified atom stereocenters. The second-order valence-corrected chi connectivity index (χ2v) is 11.0. The summed E-state index contributed by atoms with van der Waals surface area (Å²) in [4.78, 5) is 2.28. The first kappa shape index (κ1) is 24.7. The minimum Gasteiger partial charge on any atom is -0.379 e. The van der Waals surface area contributed by atoms with Crippen LogP contribution in [0.3, 0.4) is 0 Å². The number of nitrogens with zero attached hydrogens (tertiary/aromatic N) is 2. The summed E-state index contributed by atoms with van der Waals surface area (Å²) >= 11 is 0. The molecule has 176 valence electrons. The lowest BCUT2D eigenvalue weighted by atomic mass is 10.0. The van der Waals surface area contributed by atoms with Gasteiger partial charge in [0.15, 0.2) is 0 Å². The van der Waals surface area contributed by atoms with Crippen LogP contribution in [0.5, 0.6) is 0 Å². The van der Waals surface area contributed by atoms with Crippen LogP contribution in [0.1, 0.15) is 36.1 Å². The monoisotopic (exact) mass is 460 g/mol. The van der Waals surface area contributed by atoms with Gasteiger partial charge in [-0.1, -0.05) is 37.6 Å². The average molecular weight is 461 g/mol. The second-order valence-electron chi connectivity index (χ2n) is 9.14. The molecule has 3 rings (SSSR count). The minimum atomic E-state index is -3.73. The van der Waals surface area contributed by atoms with Crippen LogP contribution in [0.25, 0.3) is 0 Å². The highest BCUT2D eigenvalue weighted by Crippen LogP contribution is 2.29. The van der Waals surface area contributed by atoms with E-state index in [0.29, 0.717) is 45.0 Å². The van der Waals surface area contributed by atoms with Crippen molar-refractivity contribution in [2.24, 2.45) is 5.92 Å². The summed E-state index contributed by atoms with van der Waals surface area (Å²) < 4.78 is 34.3. The van der Waals surface area contributed by atoms with Gasteiger partial charge < -0.3 is 9.84 Å². The van der Waals surface area contributed by atoms with Gasteiger partial charge in [0.25, 0.3) is 10.0 Å². The number of morpholine rings is 1. The molecule has 0 saturated carbocycles. The number of benzene rings is 2. The van der Waals surface area contributed by atoms with E-state index in [0.717, 1.165) is 22.3 Å². The van der Waals surface area contributed by atoms with Crippen LogP contribution < -0.4 is 4.31 Å². The van der Waals surface area contributed by atoms with Gasteiger partial charge in [-0.15, -0.1) is 0 Å². The van der Waals surface area contributed by atoms with Crippen molar-refractivity contribution in [3.8, 4) is 0 Å². The zero-order valence-electron chi connectivity index (χ0n) is 19.8. The maximum Gasteiger partial charge on any atom is 0.264 e. The van der Waals surface area contributed by atoms with Gasteiger partial charge in [-0.25, -0.2) is 8.42 Å². The third kappa shape index (κ3) is 5.70. The quantitative estimate of drug-likeness (QED) is 0.651. The summed E-state index contributed by atoms with van der Waals surface area (Å²) in [5.74, 6) is 0.175. The van der Waals surface area contributed by atoms with Gasteiger partial charge in [0, 0.05) is 26.1 Å². The summed E-state index contributed by atoms with van der Waals surface area (Å²) in [5.41, 5.74) is 4.57. The summed E-state index contributed by atoms with van der Waals surface area (Å²) in [6.07, 6.45) is -0.147. The molecule has 1 aliphatic rings. The van der Waals surface area contributed by atoms with E-state index in [1.165, 1.54) is 4.31 Å². The highest BCUT2D eigenvalue weighted by atomic mass is 32.2. The van der Waals surface area contributed by atoms with Gasteiger partial charge in [-0.3, -0.25) is 9.21 Å². The van der Waals surface area contributed by atoms with Crippen molar-refractivity contribution < 1.29 is 18.3 Å². The summed E-state index contributed by atoms with van der Waals surface area (Å²) in [6.45, 7) is 13.0. The molecule has 0 radical (unpaired) electrons. The molecule has 6 nitrogen and oxygen atoms in total. The smallest absolute Gasteiger partial charge is 0.264 e. The van der Waals surface area contributed by atoms with Crippen LogP contribution in [-0.4, -0.2) is 57.5 Å². The van der Waals surface area contributed by atoms with Crippen LogP contribution in [-0.2, 0) is 21.2 Å². The van der Waals surface area contributed by atoms with E-state index >= 15 is 0 Å². The largest absolute Gasteiger partial charge is 0.379 e. The zero-order valence-corrected chi connectivity index (χ0v) is 20.7. The number of ether oxygens (including phenoxy) is 1. The zero-order chi connectivity index (χ0) is 23.5. The fourth-order valence-corrected chi connectivity index (χ4v) is 5.91. The molecule has 0 amide bonds. The molecular formula is C25H36N2O4S. The van der Waals surface area contributed by atoms with Gasteiger partial charge in [0.1, 0.15) is 6.23 Å². The third-order valence-corrected chi connectivity index (χ3v) is 7.70. The van der Waals surface area contributed by atoms with Crippen molar-refractivity contribution in [2.75, 3.05) is 37.2 Å². The Kier molecular flexibility index (Phi) is 7.98. The molecule has 0 aromatic heterocycles. The predicted octanol–water partition coefficient (Wildman–Crippen LogP) is 3.66. The normalized spacial score (nSPS) is 16.3. The van der Waals surface area contributed by atoms with E-state index in [1.54, 1.807) is 12.1 Å². The van der Waals surface area contributed by atoms with Gasteiger partial charge in [-0.2, -0.15) is 0 Å². The van der Waals surface area contributed by atoms with Crippen LogP contribution in [0.4, 0.5) is 5.69 Å². The Bertz CT molecular complexity index is 1030. The van der Waals surface area contributed by atoms with Crippen molar-refractivity contribution in [3.05, 3.63) is 58.7 Å². The standard InChI is InChI=1S/C25H36N2O4S/c1-18(2)17-27(24-9-6-19(3)14-21(24)5)32(29,30)23-8-7-22(20(4)15-23)16-25(28)26-10-12-31-13-11-26/h6-9,14-15,18,25,28H,10-13,16-17H2,1-5H3. The Hall–Kier alpha value is -1.93. The molecule has 7 heteroatoms. The molecule has 32 heavy (non-hydrogen) atoms. The Balaban J connectivity index is 1.89. The van der Waals surface area contributed by atoms with Gasteiger partial charge >= 0.3 is 0 Å². The Labute approximate surface area is 192 Å². The molecule has 1 atom stereocenters. The first-order chi connectivity index (χ1) is 15.1. The predicted molar refractivity (Wildman–Crippen MR) is 129 cm³/mol. The maximum absolute atomic E-state index is 13.7. The molecule has 0 aliphatic carbocycles. The number of aliphatic hydroxyl groups is 1. The average Bonchev–Trinajstić information content (AvgIpc) is 2.74. The van der Waals surface area contributed by atoms with Crippen molar-refractivity contribution in [3.63, 3.8) is 0 Å². The molecule has 0 spiro atoms. The fourth-order valence-electron chi connectivity index (χ4n) is 4.13. The van der Waals surface area contributed by atoms with Gasteiger partial charge in [0.2, 0.25) is 0 Å². The molecule has 1 saturated heterocycles. The van der Waals surface area contributed by atoms with E-state index in [2.05, 4.69) is 0 Å². The number of hydrogen-bond donors (Lipinski definition) is 1. The van der Waals surface area contributed by atoms with Gasteiger partial charge in [-0.05, 0) is 61.6 Å². The van der Waals surface area contributed by atoms with Gasteiger partial charge in [0.05, 0.1) is 23.8 Å². The highest BCUT2D eigenvalue weighted by molar-refractivity contribution is 7.92. The highest BCUT2D eigenvalue weighted by Gasteiger charge is 2.28. The lowest BCUT2D eigenvalue weighted by Crippen LogP contribution is -2.44. The molecular weight excluding hydrogens is 424 g/mol. The summed E-state index contributed by atoms with van der Waals surface area (Å²) in [6, 6.07) is 11.1. The van der Waals surface area contributed by atoms with Crippen LogP contribution >= 0.6 is 0 Å². The van der Waals surface area contributed by atoms with Crippen molar-refractivity contribution >= 4 is 15.7 Å². The Morgan fingerprint density at radius 3 is 2.31 bits per heavy atom. The molecule has 2 aromatic carbocycles. The molecule has 1 heterocycles. The van der Waals surface area contributed by atoms with Crippen LogP contribution in [0.2, 0.25) is 0 Å². The maximum atomic E-state index is 13.7. The van der Waals surface area contributed by atoms with E-state index in [-0.39, 0.29) is 10.8 Å². The summed E-state index contributed by atoms with van der Waals surface area (Å²) in [7, 11) is -3.73. The van der Waals surface area contributed by atoms with Crippen molar-refractivity contribution in [1.29, 1.82) is 0 Å². The number of hydrogen-bond acceptors (Lipinski definition) is 5. The van der Waals surface area contributed by atoms with E-state index in [4.69, 9.17) is 4.74 Å². The number of rotatable bonds is 8. The topological polar surface area (TPSA) is 70.1 Å². The van der Waals surface area contributed by atoms with E-state index < -0.39 is 16.3 Å². The first-order valence-corrected chi connectivity index (χ1v) is 12.7. The lowest BCUT2D eigenvalue weighted by Gasteiger charge is -2.31. The van der Waals surface area contributed by atoms with Crippen LogP contribution in [0, 0.1) is 26.7 Å². The van der Waals surface area contributed by atoms with E-state index in [1.807, 2.05) is 63.8 Å². The number of aliphatic hydroxyl groups excluding tert-OH is 1. The Morgan fingerprint density at radius 1 is 1.03 bits per heavy atom. The second kappa shape index (κ2) is 10.3. The fraction of sp³-hybridized carbons (Fsp3) is 0.520. The summed E-state index contributed by atoms with van der Waals surface area (Å²) in [5, 5.41) is 10.6. The number of anilines is 1. The third-order valence-electron chi connectivity index (χ3n) is 5.92. The molecule has 1 N–H and O–H groups in total. The van der Waals surface area contributed by atoms with Crippen molar-refractivity contribution in [1.82, 2.24) is 4.90 Å². The minimum absolute atomic E-state index is 0.175. The molecule has 1 aliphatic heterocycles. The Morgan fingerprint density at radius 2 is 1.72 bits per heavy atom. The van der Waals surface area contributed by atoms with E-state index in [9.17, 15) is 13.5 Å². The van der Waals surface area contributed by atoms with Crippen molar-refractivity contribution in [2.45, 2.75) is 52.2 Å². The SMILES string of the molecule is Cc1ccc(N(CC(C)C)S(=O)(=O)c2ccc(CC(O)N3CCOCC3)c(C)c2)c(C)c1. The first-order valence-electron chi connectivity index (χ1n) is 11.3. The lowest BCUT2D eigenvalue weighted by molar-refractivity contribution is -0.0576. The number of sulfonamides is 1. The number of aryl methyl sites for hydroxylation is 3. The van der Waals surface area contributed by atoms with Crippen LogP contribution in [0.15, 0.2) is 41.3 Å². The molecule has 0 bridgehead atoms.